The molecule has 7 heteroatoms. The molecule has 0 aromatic carbocycles. The van der Waals surface area contributed by atoms with Gasteiger partial charge in [-0.05, 0) is 12.3 Å². The molecule has 1 saturated carbocycles. The van der Waals surface area contributed by atoms with Crippen LogP contribution in [-0.4, -0.2) is 29.0 Å². The van der Waals surface area contributed by atoms with E-state index in [9.17, 15) is 8.42 Å². The van der Waals surface area contributed by atoms with Gasteiger partial charge in [-0.15, -0.1) is 0 Å². The largest absolute Gasteiger partial charge is 0.276 e. The smallest absolute Gasteiger partial charge is 0.216 e. The third-order valence-corrected chi connectivity index (χ3v) is 6.22. The Hall–Kier alpha value is 0.830. The van der Waals surface area contributed by atoms with E-state index in [4.69, 9.17) is 5.14 Å². The second-order valence-corrected chi connectivity index (χ2v) is 8.81. The van der Waals surface area contributed by atoms with Crippen molar-refractivity contribution in [3.63, 3.8) is 0 Å². The quantitative estimate of drug-likeness (QED) is 0.715. The summed E-state index contributed by atoms with van der Waals surface area (Å²) in [6.45, 7) is 1.07. The van der Waals surface area contributed by atoms with Crippen LogP contribution in [0.4, 0.5) is 0 Å². The van der Waals surface area contributed by atoms with Gasteiger partial charge in [-0.1, -0.05) is 31.9 Å². The first-order valence-corrected chi connectivity index (χ1v) is 7.08. The van der Waals surface area contributed by atoms with Crippen LogP contribution < -0.4 is 5.14 Å². The maximum Gasteiger partial charge on any atom is 0.276 e. The summed E-state index contributed by atoms with van der Waals surface area (Å²) in [6, 6.07) is 0. The fourth-order valence-electron chi connectivity index (χ4n) is 1.93. The van der Waals surface area contributed by atoms with E-state index in [0.717, 1.165) is 6.42 Å². The second-order valence-electron chi connectivity index (χ2n) is 3.58. The van der Waals surface area contributed by atoms with Gasteiger partial charge in [0.05, 0.1) is 3.23 Å². The van der Waals surface area contributed by atoms with Gasteiger partial charge in [-0.3, -0.25) is 0 Å². The van der Waals surface area contributed by atoms with E-state index in [0.29, 0.717) is 24.9 Å². The zero-order valence-electron chi connectivity index (χ0n) is 6.78. The summed E-state index contributed by atoms with van der Waals surface area (Å²) in [5, 5.41) is 5.05. The molecule has 0 spiro atoms. The van der Waals surface area contributed by atoms with Crippen molar-refractivity contribution >= 4 is 42.1 Å². The molecule has 4 nitrogen and oxygen atoms in total. The molecule has 0 aromatic rings. The summed E-state index contributed by atoms with van der Waals surface area (Å²) in [7, 11) is -3.49. The zero-order valence-corrected chi connectivity index (χ0v) is 10.8. The molecule has 2 fully saturated rings. The van der Waals surface area contributed by atoms with Crippen LogP contribution in [0.15, 0.2) is 0 Å². The Kier molecular flexibility index (Phi) is 2.32. The molecule has 0 unspecified atom stereocenters. The van der Waals surface area contributed by atoms with Crippen LogP contribution in [0, 0.1) is 11.8 Å². The molecule has 0 amide bonds. The predicted octanol–water partition coefficient (Wildman–Crippen LogP) is 0.628. The summed E-state index contributed by atoms with van der Waals surface area (Å²) in [4.78, 5) is 0. The van der Waals surface area contributed by atoms with Gasteiger partial charge in [0.1, 0.15) is 0 Å². The lowest BCUT2D eigenvalue weighted by Crippen LogP contribution is -2.41. The number of fused-ring (bicyclic) bond motifs is 1. The maximum absolute atomic E-state index is 11.0. The molecule has 0 radical (unpaired) electrons. The molecule has 0 aromatic heterocycles. The van der Waals surface area contributed by atoms with Crippen molar-refractivity contribution in [1.82, 2.24) is 4.31 Å². The molecule has 1 heterocycles. The van der Waals surface area contributed by atoms with Crippen molar-refractivity contribution in [2.24, 2.45) is 17.0 Å². The summed E-state index contributed by atoms with van der Waals surface area (Å²) in [6.07, 6.45) is 0.873. The topological polar surface area (TPSA) is 63.4 Å². The van der Waals surface area contributed by atoms with Gasteiger partial charge in [0, 0.05) is 19.0 Å². The zero-order chi connectivity index (χ0) is 9.85. The third kappa shape index (κ3) is 1.69. The van der Waals surface area contributed by atoms with E-state index in [1.807, 2.05) is 0 Å². The minimum atomic E-state index is -3.49. The van der Waals surface area contributed by atoms with Crippen LogP contribution in [0.1, 0.15) is 6.42 Å². The Labute approximate surface area is 94.3 Å². The number of hydrogen-bond acceptors (Lipinski definition) is 2. The van der Waals surface area contributed by atoms with Crippen molar-refractivity contribution < 1.29 is 8.42 Å². The summed E-state index contributed by atoms with van der Waals surface area (Å²) >= 11 is 7.06. The molecule has 1 saturated heterocycles. The molecule has 1 aliphatic carbocycles. The number of alkyl halides is 2. The lowest BCUT2D eigenvalue weighted by Gasteiger charge is -2.22. The van der Waals surface area contributed by atoms with Crippen LogP contribution in [0.2, 0.25) is 0 Å². The standard InChI is InChI=1S/C6H10Br2N2O2S/c7-6(8)4-1-2-10(3-5(4)6)13(9,11)12/h4-5H,1-3H2,(H2,9,11,12)/t4-,5+/m0/s1. The molecule has 2 rings (SSSR count). The highest BCUT2D eigenvalue weighted by Crippen LogP contribution is 2.65. The number of nitrogens with two attached hydrogens (primary N) is 1. The fraction of sp³-hybridized carbons (Fsp3) is 1.00. The van der Waals surface area contributed by atoms with E-state index in [1.165, 1.54) is 4.31 Å². The van der Waals surface area contributed by atoms with Crippen molar-refractivity contribution in [3.8, 4) is 0 Å². The van der Waals surface area contributed by atoms with Crippen LogP contribution in [0.3, 0.4) is 0 Å². The average molecular weight is 334 g/mol. The van der Waals surface area contributed by atoms with Crippen LogP contribution in [-0.2, 0) is 10.2 Å². The minimum absolute atomic E-state index is 0.0422. The second kappa shape index (κ2) is 2.91. The lowest BCUT2D eigenvalue weighted by atomic mass is 10.2. The highest BCUT2D eigenvalue weighted by atomic mass is 79.9. The van der Waals surface area contributed by atoms with Gasteiger partial charge >= 0.3 is 0 Å². The van der Waals surface area contributed by atoms with Crippen molar-refractivity contribution in [3.05, 3.63) is 0 Å². The van der Waals surface area contributed by atoms with E-state index >= 15 is 0 Å². The Bertz CT molecular complexity index is 330. The first-order chi connectivity index (χ1) is 5.83. The number of piperidine rings is 1. The molecule has 2 aliphatic rings. The average Bonchev–Trinajstić information content (AvgIpc) is 2.53. The number of rotatable bonds is 1. The molecular formula is C6H10Br2N2O2S. The predicted molar refractivity (Wildman–Crippen MR) is 56.9 cm³/mol. The van der Waals surface area contributed by atoms with Crippen molar-refractivity contribution in [2.45, 2.75) is 9.65 Å². The summed E-state index contributed by atoms with van der Waals surface area (Å²) in [5.41, 5.74) is 0. The van der Waals surface area contributed by atoms with E-state index in [-0.39, 0.29) is 3.23 Å². The van der Waals surface area contributed by atoms with E-state index in [1.54, 1.807) is 0 Å². The van der Waals surface area contributed by atoms with Gasteiger partial charge in [0.2, 0.25) is 0 Å². The van der Waals surface area contributed by atoms with Crippen molar-refractivity contribution in [2.75, 3.05) is 13.1 Å². The highest BCUT2D eigenvalue weighted by Gasteiger charge is 2.63. The van der Waals surface area contributed by atoms with Gasteiger partial charge in [-0.25, -0.2) is 5.14 Å². The minimum Gasteiger partial charge on any atom is -0.216 e. The molecule has 2 atom stereocenters. The van der Waals surface area contributed by atoms with Gasteiger partial charge < -0.3 is 0 Å². The fourth-order valence-corrected chi connectivity index (χ4v) is 4.42. The highest BCUT2D eigenvalue weighted by molar-refractivity contribution is 9.25. The van der Waals surface area contributed by atoms with Gasteiger partial charge in [-0.2, -0.15) is 12.7 Å². The molecule has 13 heavy (non-hydrogen) atoms. The van der Waals surface area contributed by atoms with Gasteiger partial charge in [0.25, 0.3) is 10.2 Å². The van der Waals surface area contributed by atoms with E-state index < -0.39 is 10.2 Å². The number of hydrogen-bond donors (Lipinski definition) is 1. The first-order valence-electron chi connectivity index (χ1n) is 3.99. The summed E-state index contributed by atoms with van der Waals surface area (Å²) < 4.78 is 23.4. The normalized spacial score (nSPS) is 38.4. The molecule has 0 bridgehead atoms. The Morgan fingerprint density at radius 1 is 1.38 bits per heavy atom. The molecule has 1 aliphatic heterocycles. The molecule has 76 valence electrons. The van der Waals surface area contributed by atoms with E-state index in [2.05, 4.69) is 31.9 Å². The SMILES string of the molecule is NS(=O)(=O)N1CC[C@H]2[C@@H](C1)C2(Br)Br. The molecular weight excluding hydrogens is 324 g/mol. The van der Waals surface area contributed by atoms with Crippen LogP contribution in [0.25, 0.3) is 0 Å². The maximum atomic E-state index is 11.0. The van der Waals surface area contributed by atoms with Crippen LogP contribution in [0.5, 0.6) is 0 Å². The Morgan fingerprint density at radius 2 is 2.00 bits per heavy atom. The lowest BCUT2D eigenvalue weighted by molar-refractivity contribution is 0.334. The monoisotopic (exact) mass is 332 g/mol. The van der Waals surface area contributed by atoms with Gasteiger partial charge in [0.15, 0.2) is 0 Å². The van der Waals surface area contributed by atoms with Crippen LogP contribution >= 0.6 is 31.9 Å². The molecule has 2 N–H and O–H groups in total. The number of nitrogens with zero attached hydrogens (tertiary/aromatic N) is 1. The number of halogens is 2. The third-order valence-electron chi connectivity index (χ3n) is 2.82. The first kappa shape index (κ1) is 10.4. The Balaban J connectivity index is 2.09. The van der Waals surface area contributed by atoms with Crippen molar-refractivity contribution in [1.29, 1.82) is 0 Å². The summed E-state index contributed by atoms with van der Waals surface area (Å²) in [5.74, 6) is 0.907. The Morgan fingerprint density at radius 3 is 2.46 bits per heavy atom.